The third-order valence-corrected chi connectivity index (χ3v) is 5.82. The molecule has 0 saturated carbocycles. The van der Waals surface area contributed by atoms with Gasteiger partial charge in [0.05, 0.1) is 13.1 Å². The van der Waals surface area contributed by atoms with Crippen molar-refractivity contribution in [1.29, 1.82) is 0 Å². The molecule has 1 aliphatic rings. The zero-order valence-electron chi connectivity index (χ0n) is 16.6. The maximum atomic E-state index is 14.0. The number of rotatable bonds is 7. The summed E-state index contributed by atoms with van der Waals surface area (Å²) in [5.41, 5.74) is 1.27. The second-order valence-corrected chi connectivity index (χ2v) is 8.04. The molecule has 1 atom stereocenters. The lowest BCUT2D eigenvalue weighted by Gasteiger charge is -2.26. The number of hydrogen-bond acceptors (Lipinski definition) is 5. The standard InChI is InChI=1S/C23H23FN2O3S/c1-16(19-6-2-3-7-20(19)24)25-14-23(27)26(15-18-5-4-12-30-18)17-8-9-21-22(13-17)29-11-10-28-21/h2-9,12-13,16,25H,10-11,14-15H2,1H3. The number of fused-ring (bicyclic) bond motifs is 1. The SMILES string of the molecule is CC(NCC(=O)N(Cc1cccs1)c1ccc2c(c1)OCCO2)c1ccccc1F. The molecule has 0 aliphatic carbocycles. The molecule has 4 rings (SSSR count). The number of benzene rings is 2. The summed E-state index contributed by atoms with van der Waals surface area (Å²) < 4.78 is 25.3. The van der Waals surface area contributed by atoms with Gasteiger partial charge in [-0.1, -0.05) is 24.3 Å². The van der Waals surface area contributed by atoms with Gasteiger partial charge in [0, 0.05) is 28.2 Å². The molecule has 2 aromatic carbocycles. The van der Waals surface area contributed by atoms with Crippen molar-refractivity contribution in [3.8, 4) is 11.5 Å². The van der Waals surface area contributed by atoms with E-state index in [-0.39, 0.29) is 24.3 Å². The van der Waals surface area contributed by atoms with E-state index in [1.807, 2.05) is 42.6 Å². The molecule has 156 valence electrons. The summed E-state index contributed by atoms with van der Waals surface area (Å²) >= 11 is 1.60. The summed E-state index contributed by atoms with van der Waals surface area (Å²) in [5.74, 6) is 0.922. The van der Waals surface area contributed by atoms with Crippen molar-refractivity contribution in [2.75, 3.05) is 24.7 Å². The quantitative estimate of drug-likeness (QED) is 0.603. The fourth-order valence-corrected chi connectivity index (χ4v) is 4.05. The van der Waals surface area contributed by atoms with Crippen LogP contribution in [0.5, 0.6) is 11.5 Å². The van der Waals surface area contributed by atoms with Crippen LogP contribution >= 0.6 is 11.3 Å². The van der Waals surface area contributed by atoms with E-state index in [1.165, 1.54) is 6.07 Å². The Kier molecular flexibility index (Phi) is 6.30. The summed E-state index contributed by atoms with van der Waals surface area (Å²) in [6, 6.07) is 15.8. The molecule has 1 aliphatic heterocycles. The van der Waals surface area contributed by atoms with Crippen molar-refractivity contribution < 1.29 is 18.7 Å². The van der Waals surface area contributed by atoms with Crippen LogP contribution in [-0.4, -0.2) is 25.7 Å². The molecule has 0 radical (unpaired) electrons. The van der Waals surface area contributed by atoms with E-state index in [2.05, 4.69) is 5.32 Å². The van der Waals surface area contributed by atoms with Gasteiger partial charge in [-0.3, -0.25) is 4.79 Å². The summed E-state index contributed by atoms with van der Waals surface area (Å²) in [6.45, 7) is 3.37. The maximum Gasteiger partial charge on any atom is 0.241 e. The van der Waals surface area contributed by atoms with E-state index in [0.29, 0.717) is 36.8 Å². The zero-order chi connectivity index (χ0) is 20.9. The number of anilines is 1. The van der Waals surface area contributed by atoms with Gasteiger partial charge in [0.25, 0.3) is 0 Å². The van der Waals surface area contributed by atoms with Crippen LogP contribution in [-0.2, 0) is 11.3 Å². The Labute approximate surface area is 179 Å². The van der Waals surface area contributed by atoms with E-state index in [4.69, 9.17) is 9.47 Å². The smallest absolute Gasteiger partial charge is 0.241 e. The third kappa shape index (κ3) is 4.63. The Hall–Kier alpha value is -2.90. The Morgan fingerprint density at radius 1 is 1.13 bits per heavy atom. The second kappa shape index (κ2) is 9.28. The zero-order valence-corrected chi connectivity index (χ0v) is 17.5. The van der Waals surface area contributed by atoms with Gasteiger partial charge in [-0.2, -0.15) is 0 Å². The highest BCUT2D eigenvalue weighted by atomic mass is 32.1. The molecule has 7 heteroatoms. The summed E-state index contributed by atoms with van der Waals surface area (Å²) in [6.07, 6.45) is 0. The Morgan fingerprint density at radius 3 is 2.70 bits per heavy atom. The van der Waals surface area contributed by atoms with E-state index in [1.54, 1.807) is 34.4 Å². The van der Waals surface area contributed by atoms with Gasteiger partial charge < -0.3 is 19.7 Å². The van der Waals surface area contributed by atoms with Gasteiger partial charge >= 0.3 is 0 Å². The number of thiophene rings is 1. The van der Waals surface area contributed by atoms with Gasteiger partial charge in [-0.25, -0.2) is 4.39 Å². The van der Waals surface area contributed by atoms with Crippen LogP contribution in [0, 0.1) is 5.82 Å². The van der Waals surface area contributed by atoms with Crippen molar-refractivity contribution in [3.05, 3.63) is 76.2 Å². The second-order valence-electron chi connectivity index (χ2n) is 7.01. The molecule has 0 spiro atoms. The highest BCUT2D eigenvalue weighted by Gasteiger charge is 2.21. The van der Waals surface area contributed by atoms with Crippen molar-refractivity contribution >= 4 is 22.9 Å². The van der Waals surface area contributed by atoms with E-state index in [9.17, 15) is 9.18 Å². The normalized spacial score (nSPS) is 13.7. The minimum Gasteiger partial charge on any atom is -0.486 e. The maximum absolute atomic E-state index is 14.0. The Bertz CT molecular complexity index is 1010. The molecule has 1 amide bonds. The van der Waals surface area contributed by atoms with Gasteiger partial charge in [0.1, 0.15) is 19.0 Å². The molecule has 5 nitrogen and oxygen atoms in total. The molecular weight excluding hydrogens is 403 g/mol. The minimum absolute atomic E-state index is 0.0787. The highest BCUT2D eigenvalue weighted by molar-refractivity contribution is 7.09. The van der Waals surface area contributed by atoms with Gasteiger partial charge in [0.2, 0.25) is 5.91 Å². The molecule has 3 aromatic rings. The van der Waals surface area contributed by atoms with Crippen LogP contribution < -0.4 is 19.7 Å². The Balaban J connectivity index is 1.52. The highest BCUT2D eigenvalue weighted by Crippen LogP contribution is 2.34. The third-order valence-electron chi connectivity index (χ3n) is 4.96. The van der Waals surface area contributed by atoms with Crippen LogP contribution in [0.15, 0.2) is 60.0 Å². The number of nitrogens with one attached hydrogen (secondary N) is 1. The first-order chi connectivity index (χ1) is 14.6. The number of halogens is 1. The number of carbonyl (C=O) groups is 1. The van der Waals surface area contributed by atoms with Gasteiger partial charge in [0.15, 0.2) is 11.5 Å². The van der Waals surface area contributed by atoms with E-state index >= 15 is 0 Å². The number of nitrogens with zero attached hydrogens (tertiary/aromatic N) is 1. The molecule has 0 fully saturated rings. The summed E-state index contributed by atoms with van der Waals surface area (Å²) in [5, 5.41) is 5.13. The van der Waals surface area contributed by atoms with Crippen LogP contribution in [0.3, 0.4) is 0 Å². The molecule has 2 heterocycles. The van der Waals surface area contributed by atoms with Crippen LogP contribution in [0.2, 0.25) is 0 Å². The predicted octanol–water partition coefficient (Wildman–Crippen LogP) is 4.54. The summed E-state index contributed by atoms with van der Waals surface area (Å²) in [4.78, 5) is 15.9. The molecule has 0 bridgehead atoms. The lowest BCUT2D eigenvalue weighted by atomic mass is 10.1. The average Bonchev–Trinajstić information content (AvgIpc) is 3.29. The van der Waals surface area contributed by atoms with Crippen LogP contribution in [0.25, 0.3) is 0 Å². The van der Waals surface area contributed by atoms with Crippen molar-refractivity contribution in [2.24, 2.45) is 0 Å². The van der Waals surface area contributed by atoms with Crippen LogP contribution in [0.1, 0.15) is 23.4 Å². The Morgan fingerprint density at radius 2 is 1.93 bits per heavy atom. The first-order valence-corrected chi connectivity index (χ1v) is 10.7. The molecule has 1 unspecified atom stereocenters. The van der Waals surface area contributed by atoms with Crippen molar-refractivity contribution in [1.82, 2.24) is 5.32 Å². The average molecular weight is 427 g/mol. The number of amides is 1. The van der Waals surface area contributed by atoms with E-state index in [0.717, 1.165) is 10.6 Å². The molecule has 1 N–H and O–H groups in total. The lowest BCUT2D eigenvalue weighted by Crippen LogP contribution is -2.38. The number of hydrogen-bond donors (Lipinski definition) is 1. The fourth-order valence-electron chi connectivity index (χ4n) is 3.35. The molecule has 0 saturated heterocycles. The number of ether oxygens (including phenoxy) is 2. The topological polar surface area (TPSA) is 50.8 Å². The monoisotopic (exact) mass is 426 g/mol. The first kappa shape index (κ1) is 20.4. The van der Waals surface area contributed by atoms with Crippen molar-refractivity contribution in [3.63, 3.8) is 0 Å². The molecular formula is C23H23FN2O3S. The predicted molar refractivity (Wildman–Crippen MR) is 116 cm³/mol. The van der Waals surface area contributed by atoms with E-state index < -0.39 is 0 Å². The first-order valence-electron chi connectivity index (χ1n) is 9.82. The van der Waals surface area contributed by atoms with Gasteiger partial charge in [-0.05, 0) is 36.6 Å². The number of carbonyl (C=O) groups excluding carboxylic acids is 1. The largest absolute Gasteiger partial charge is 0.486 e. The summed E-state index contributed by atoms with van der Waals surface area (Å²) in [7, 11) is 0. The lowest BCUT2D eigenvalue weighted by molar-refractivity contribution is -0.118. The van der Waals surface area contributed by atoms with Crippen LogP contribution in [0.4, 0.5) is 10.1 Å². The van der Waals surface area contributed by atoms with Crippen molar-refractivity contribution in [2.45, 2.75) is 19.5 Å². The molecule has 1 aromatic heterocycles. The molecule has 30 heavy (non-hydrogen) atoms. The fraction of sp³-hybridized carbons (Fsp3) is 0.261. The van der Waals surface area contributed by atoms with Gasteiger partial charge in [-0.15, -0.1) is 11.3 Å². The minimum atomic E-state index is -0.293.